The van der Waals surface area contributed by atoms with Gasteiger partial charge >= 0.3 is 0 Å². The maximum atomic E-state index is 10.8. The molecule has 0 aliphatic rings. The Balaban J connectivity index is 2.34. The van der Waals surface area contributed by atoms with Crippen molar-refractivity contribution in [3.05, 3.63) is 52.8 Å². The lowest BCUT2D eigenvalue weighted by Crippen LogP contribution is -2.12. The normalized spacial score (nSPS) is 10.1. The van der Waals surface area contributed by atoms with Crippen LogP contribution in [0.3, 0.4) is 0 Å². The highest BCUT2D eigenvalue weighted by Gasteiger charge is 2.02. The van der Waals surface area contributed by atoms with Gasteiger partial charge in [-0.3, -0.25) is 9.78 Å². The average molecular weight is 277 g/mol. The fraction of sp³-hybridized carbons (Fsp3) is 0. The number of nitrogens with zero attached hydrogens (tertiary/aromatic N) is 1. The van der Waals surface area contributed by atoms with Crippen LogP contribution in [-0.4, -0.2) is 10.9 Å². The summed E-state index contributed by atoms with van der Waals surface area (Å²) in [6.45, 7) is 0. The predicted molar refractivity (Wildman–Crippen MR) is 65.9 cm³/mol. The van der Waals surface area contributed by atoms with Gasteiger partial charge in [0.05, 0.1) is 0 Å². The van der Waals surface area contributed by atoms with E-state index < -0.39 is 5.91 Å². The zero-order valence-electron chi connectivity index (χ0n) is 8.35. The summed E-state index contributed by atoms with van der Waals surface area (Å²) in [5.41, 5.74) is 7.40. The van der Waals surface area contributed by atoms with Crippen molar-refractivity contribution in [3.63, 3.8) is 0 Å². The number of primary amides is 1. The zero-order valence-corrected chi connectivity index (χ0v) is 9.94. The molecule has 0 unspecified atom stereocenters. The molecule has 1 amide bonds. The molecule has 2 rings (SSSR count). The number of nitrogens with two attached hydrogens (primary N) is 1. The number of benzene rings is 1. The van der Waals surface area contributed by atoms with E-state index in [-0.39, 0.29) is 5.69 Å². The second-order valence-electron chi connectivity index (χ2n) is 3.30. The Hall–Kier alpha value is -1.68. The molecule has 3 nitrogen and oxygen atoms in total. The number of carbonyl (C=O) groups excluding carboxylic acids is 1. The van der Waals surface area contributed by atoms with Gasteiger partial charge in [0.2, 0.25) is 0 Å². The molecule has 80 valence electrons. The Labute approximate surface area is 101 Å². The Kier molecular flexibility index (Phi) is 3.01. The first kappa shape index (κ1) is 10.8. The molecule has 2 aromatic rings. The van der Waals surface area contributed by atoms with Gasteiger partial charge in [0, 0.05) is 16.2 Å². The molecule has 0 radical (unpaired) electrons. The Bertz CT molecular complexity index is 506. The number of hydrogen-bond donors (Lipinski definition) is 1. The quantitative estimate of drug-likeness (QED) is 0.917. The third kappa shape index (κ3) is 2.28. The summed E-state index contributed by atoms with van der Waals surface area (Å²) < 4.78 is 1.03. The minimum atomic E-state index is -0.512. The molecular formula is C12H9BrN2O. The number of carbonyl (C=O) groups is 1. The molecule has 1 aromatic carbocycles. The zero-order chi connectivity index (χ0) is 11.5. The minimum Gasteiger partial charge on any atom is -0.364 e. The van der Waals surface area contributed by atoms with Gasteiger partial charge in [-0.1, -0.05) is 34.1 Å². The summed E-state index contributed by atoms with van der Waals surface area (Å²) in [6, 6.07) is 11.3. The van der Waals surface area contributed by atoms with Gasteiger partial charge in [0.15, 0.2) is 0 Å². The van der Waals surface area contributed by atoms with E-state index in [4.69, 9.17) is 5.73 Å². The maximum absolute atomic E-state index is 10.8. The summed E-state index contributed by atoms with van der Waals surface area (Å²) in [4.78, 5) is 14.8. The molecule has 0 spiro atoms. The van der Waals surface area contributed by atoms with Gasteiger partial charge in [-0.25, -0.2) is 0 Å². The van der Waals surface area contributed by atoms with E-state index in [1.165, 1.54) is 0 Å². The van der Waals surface area contributed by atoms with Gasteiger partial charge in [0.25, 0.3) is 5.91 Å². The predicted octanol–water partition coefficient (Wildman–Crippen LogP) is 2.61. The number of halogens is 1. The van der Waals surface area contributed by atoms with Gasteiger partial charge in [-0.05, 0) is 23.8 Å². The molecule has 0 fully saturated rings. The second-order valence-corrected chi connectivity index (χ2v) is 4.22. The van der Waals surface area contributed by atoms with Crippen molar-refractivity contribution in [1.29, 1.82) is 0 Å². The molecule has 0 saturated carbocycles. The Morgan fingerprint density at radius 2 is 1.69 bits per heavy atom. The van der Waals surface area contributed by atoms with Crippen LogP contribution < -0.4 is 5.73 Å². The highest BCUT2D eigenvalue weighted by Crippen LogP contribution is 2.20. The fourth-order valence-electron chi connectivity index (χ4n) is 1.35. The largest absolute Gasteiger partial charge is 0.364 e. The Morgan fingerprint density at radius 1 is 1.06 bits per heavy atom. The third-order valence-corrected chi connectivity index (χ3v) is 2.72. The summed E-state index contributed by atoms with van der Waals surface area (Å²) in [5.74, 6) is -0.512. The molecule has 2 N–H and O–H groups in total. The SMILES string of the molecule is NC(=O)c1ccc(-c2ccc(Br)cc2)cn1. The standard InChI is InChI=1S/C12H9BrN2O/c13-10-4-1-8(2-5-10)9-3-6-11(12(14)16)15-7-9/h1-7H,(H2,14,16). The average Bonchev–Trinajstić information content (AvgIpc) is 2.30. The van der Waals surface area contributed by atoms with Crippen LogP contribution in [0.25, 0.3) is 11.1 Å². The van der Waals surface area contributed by atoms with E-state index in [0.29, 0.717) is 0 Å². The summed E-state index contributed by atoms with van der Waals surface area (Å²) in [6.07, 6.45) is 1.64. The molecule has 1 aromatic heterocycles. The van der Waals surface area contributed by atoms with Crippen LogP contribution in [-0.2, 0) is 0 Å². The first-order valence-electron chi connectivity index (χ1n) is 4.68. The van der Waals surface area contributed by atoms with Crippen LogP contribution in [0.15, 0.2) is 47.1 Å². The molecule has 0 saturated heterocycles. The Morgan fingerprint density at radius 3 is 2.19 bits per heavy atom. The van der Waals surface area contributed by atoms with Gasteiger partial charge in [-0.2, -0.15) is 0 Å². The maximum Gasteiger partial charge on any atom is 0.267 e. The second kappa shape index (κ2) is 4.45. The lowest BCUT2D eigenvalue weighted by molar-refractivity contribution is 0.0995. The first-order valence-corrected chi connectivity index (χ1v) is 5.48. The lowest BCUT2D eigenvalue weighted by Gasteiger charge is -2.01. The fourth-order valence-corrected chi connectivity index (χ4v) is 1.62. The smallest absolute Gasteiger partial charge is 0.267 e. The van der Waals surface area contributed by atoms with Crippen LogP contribution in [0, 0.1) is 0 Å². The lowest BCUT2D eigenvalue weighted by atomic mass is 10.1. The number of aromatic nitrogens is 1. The molecular weight excluding hydrogens is 268 g/mol. The molecule has 0 atom stereocenters. The number of hydrogen-bond acceptors (Lipinski definition) is 2. The number of rotatable bonds is 2. The monoisotopic (exact) mass is 276 g/mol. The van der Waals surface area contributed by atoms with Gasteiger partial charge in [0.1, 0.15) is 5.69 Å². The van der Waals surface area contributed by atoms with Crippen LogP contribution in [0.5, 0.6) is 0 Å². The van der Waals surface area contributed by atoms with E-state index in [2.05, 4.69) is 20.9 Å². The summed E-state index contributed by atoms with van der Waals surface area (Å²) in [5, 5.41) is 0. The van der Waals surface area contributed by atoms with Crippen LogP contribution in [0.2, 0.25) is 0 Å². The first-order chi connectivity index (χ1) is 7.66. The number of amides is 1. The van der Waals surface area contributed by atoms with E-state index in [1.807, 2.05) is 30.3 Å². The topological polar surface area (TPSA) is 56.0 Å². The van der Waals surface area contributed by atoms with E-state index >= 15 is 0 Å². The van der Waals surface area contributed by atoms with Crippen LogP contribution in [0.4, 0.5) is 0 Å². The molecule has 1 heterocycles. The molecule has 0 aliphatic heterocycles. The highest BCUT2D eigenvalue weighted by molar-refractivity contribution is 9.10. The van der Waals surface area contributed by atoms with Gasteiger partial charge in [-0.15, -0.1) is 0 Å². The van der Waals surface area contributed by atoms with E-state index in [1.54, 1.807) is 12.3 Å². The van der Waals surface area contributed by atoms with E-state index in [0.717, 1.165) is 15.6 Å². The summed E-state index contributed by atoms with van der Waals surface area (Å²) >= 11 is 3.37. The molecule has 16 heavy (non-hydrogen) atoms. The highest BCUT2D eigenvalue weighted by atomic mass is 79.9. The molecule has 4 heteroatoms. The molecule has 0 bridgehead atoms. The minimum absolute atomic E-state index is 0.279. The third-order valence-electron chi connectivity index (χ3n) is 2.19. The van der Waals surface area contributed by atoms with Crippen molar-refractivity contribution in [2.24, 2.45) is 5.73 Å². The number of pyridine rings is 1. The van der Waals surface area contributed by atoms with Crippen LogP contribution in [0.1, 0.15) is 10.5 Å². The summed E-state index contributed by atoms with van der Waals surface area (Å²) in [7, 11) is 0. The van der Waals surface area contributed by atoms with Crippen molar-refractivity contribution >= 4 is 21.8 Å². The van der Waals surface area contributed by atoms with Crippen molar-refractivity contribution < 1.29 is 4.79 Å². The van der Waals surface area contributed by atoms with E-state index in [9.17, 15) is 4.79 Å². The van der Waals surface area contributed by atoms with Crippen molar-refractivity contribution in [2.75, 3.05) is 0 Å². The van der Waals surface area contributed by atoms with Crippen molar-refractivity contribution in [1.82, 2.24) is 4.98 Å². The molecule has 0 aliphatic carbocycles. The van der Waals surface area contributed by atoms with Gasteiger partial charge < -0.3 is 5.73 Å². The van der Waals surface area contributed by atoms with Crippen molar-refractivity contribution in [2.45, 2.75) is 0 Å². The van der Waals surface area contributed by atoms with Crippen LogP contribution >= 0.6 is 15.9 Å². The van der Waals surface area contributed by atoms with Crippen molar-refractivity contribution in [3.8, 4) is 11.1 Å².